The maximum absolute atomic E-state index is 13.0. The van der Waals surface area contributed by atoms with Crippen LogP contribution in [0.15, 0.2) is 41.4 Å². The van der Waals surface area contributed by atoms with Crippen LogP contribution in [-0.4, -0.2) is 39.1 Å². The molecular formula is C21H22F3N3O6S2. The topological polar surface area (TPSA) is 139 Å². The largest absolute Gasteiger partial charge is 0.433 e. The lowest BCUT2D eigenvalue weighted by atomic mass is 10.1. The first-order chi connectivity index (χ1) is 16.2. The van der Waals surface area contributed by atoms with Crippen molar-refractivity contribution in [3.8, 4) is 0 Å². The molecule has 1 aromatic carbocycles. The number of sulfone groups is 1. The van der Waals surface area contributed by atoms with Crippen molar-refractivity contribution in [2.75, 3.05) is 10.5 Å². The number of sulfonamides is 1. The number of nitrogens with zero attached hydrogens (tertiary/aromatic N) is 1. The fraction of sp³-hybridized carbons (Fsp3) is 0.286. The number of pyridine rings is 1. The number of benzene rings is 1. The summed E-state index contributed by atoms with van der Waals surface area (Å²) >= 11 is 0. The number of hydrogen-bond acceptors (Lipinski definition) is 7. The average Bonchev–Trinajstić information content (AvgIpc) is 2.77. The Morgan fingerprint density at radius 1 is 1.11 bits per heavy atom. The van der Waals surface area contributed by atoms with Crippen molar-refractivity contribution in [3.05, 3.63) is 58.8 Å². The van der Waals surface area contributed by atoms with E-state index in [1.807, 2.05) is 0 Å². The first-order valence-corrected chi connectivity index (χ1v) is 13.2. The van der Waals surface area contributed by atoms with Gasteiger partial charge in [0.15, 0.2) is 14.9 Å². The van der Waals surface area contributed by atoms with Crippen molar-refractivity contribution in [2.24, 2.45) is 0 Å². The van der Waals surface area contributed by atoms with Crippen molar-refractivity contribution in [1.82, 2.24) is 10.3 Å². The van der Waals surface area contributed by atoms with E-state index in [1.165, 1.54) is 12.1 Å². The number of carbonyl (C=O) groups excluding carboxylic acids is 2. The second-order valence-electron chi connectivity index (χ2n) is 7.35. The van der Waals surface area contributed by atoms with Gasteiger partial charge in [0.2, 0.25) is 5.91 Å². The number of halogens is 3. The normalized spacial score (nSPS) is 12.5. The lowest BCUT2D eigenvalue weighted by molar-refractivity contribution is -0.141. The highest BCUT2D eigenvalue weighted by Gasteiger charge is 2.34. The Labute approximate surface area is 200 Å². The van der Waals surface area contributed by atoms with E-state index in [0.29, 0.717) is 17.2 Å². The molecule has 1 aromatic heterocycles. The van der Waals surface area contributed by atoms with E-state index in [-0.39, 0.29) is 29.8 Å². The number of hydrogen-bond donors (Lipinski definition) is 2. The van der Waals surface area contributed by atoms with Crippen molar-refractivity contribution in [2.45, 2.75) is 38.0 Å². The molecule has 14 heteroatoms. The minimum atomic E-state index is -4.84. The van der Waals surface area contributed by atoms with Crippen LogP contribution in [-0.2, 0) is 42.2 Å². The number of aryl methyl sites for hydroxylation is 1. The van der Waals surface area contributed by atoms with Crippen LogP contribution in [0.1, 0.15) is 35.7 Å². The molecule has 0 radical (unpaired) electrons. The van der Waals surface area contributed by atoms with Crippen LogP contribution in [0.5, 0.6) is 0 Å². The predicted octanol–water partition coefficient (Wildman–Crippen LogP) is 2.85. The molecule has 190 valence electrons. The summed E-state index contributed by atoms with van der Waals surface area (Å²) in [5.74, 6) is -1.07. The summed E-state index contributed by atoms with van der Waals surface area (Å²) in [4.78, 5) is 26.0. The lowest BCUT2D eigenvalue weighted by Gasteiger charge is -2.11. The van der Waals surface area contributed by atoms with E-state index in [0.717, 1.165) is 18.2 Å². The number of rotatable bonds is 10. The van der Waals surface area contributed by atoms with E-state index in [4.69, 9.17) is 0 Å². The molecule has 0 saturated carbocycles. The van der Waals surface area contributed by atoms with Gasteiger partial charge in [0.05, 0.1) is 11.4 Å². The van der Waals surface area contributed by atoms with E-state index >= 15 is 0 Å². The smallest absolute Gasteiger partial charge is 0.348 e. The van der Waals surface area contributed by atoms with Gasteiger partial charge in [-0.25, -0.2) is 13.4 Å². The molecule has 2 N–H and O–H groups in total. The van der Waals surface area contributed by atoms with Crippen molar-refractivity contribution in [3.63, 3.8) is 0 Å². The Kier molecular flexibility index (Phi) is 8.79. The molecule has 1 heterocycles. The van der Waals surface area contributed by atoms with Crippen LogP contribution < -0.4 is 10.0 Å². The van der Waals surface area contributed by atoms with Gasteiger partial charge in [0.25, 0.3) is 15.6 Å². The minimum absolute atomic E-state index is 0.0109. The standard InChI is InChI=1S/C21H22F3N3O6S2/c1-3-10-34(30,31)20-16(5-8-18(26-20)21(22,23)24)6-9-19(29)25-12-15-4-7-17(14(2)11-15)27-35(32,33)13-28/h4-9,11,13,27H,3,10,12H2,1-2H3,(H,25,29). The number of amides is 1. The van der Waals surface area contributed by atoms with Gasteiger partial charge in [0.1, 0.15) is 5.69 Å². The van der Waals surface area contributed by atoms with Crippen LogP contribution in [0.25, 0.3) is 6.08 Å². The highest BCUT2D eigenvalue weighted by molar-refractivity contribution is 8.05. The number of carbonyl (C=O) groups is 2. The zero-order chi connectivity index (χ0) is 26.4. The van der Waals surface area contributed by atoms with Gasteiger partial charge in [-0.15, -0.1) is 0 Å². The van der Waals surface area contributed by atoms with Crippen LogP contribution in [0.3, 0.4) is 0 Å². The van der Waals surface area contributed by atoms with Gasteiger partial charge >= 0.3 is 6.18 Å². The third-order valence-corrected chi connectivity index (χ3v) is 7.12. The maximum atomic E-state index is 13.0. The van der Waals surface area contributed by atoms with Crippen LogP contribution in [0.2, 0.25) is 0 Å². The molecule has 0 aliphatic heterocycles. The number of anilines is 1. The first-order valence-electron chi connectivity index (χ1n) is 10.0. The summed E-state index contributed by atoms with van der Waals surface area (Å²) in [5.41, 5.74) is -0.493. The zero-order valence-electron chi connectivity index (χ0n) is 18.6. The second-order valence-corrected chi connectivity index (χ2v) is 10.9. The molecule has 0 aliphatic rings. The Morgan fingerprint density at radius 3 is 2.37 bits per heavy atom. The highest BCUT2D eigenvalue weighted by Crippen LogP contribution is 2.30. The first kappa shape index (κ1) is 28.0. The van der Waals surface area contributed by atoms with Gasteiger partial charge in [-0.3, -0.25) is 14.3 Å². The molecule has 0 unspecified atom stereocenters. The van der Waals surface area contributed by atoms with Crippen LogP contribution >= 0.6 is 0 Å². The highest BCUT2D eigenvalue weighted by atomic mass is 32.2. The Bertz CT molecular complexity index is 1350. The summed E-state index contributed by atoms with van der Waals surface area (Å²) in [7, 11) is -8.23. The molecule has 0 atom stereocenters. The molecule has 0 aliphatic carbocycles. The van der Waals surface area contributed by atoms with E-state index in [2.05, 4.69) is 15.0 Å². The second kappa shape index (κ2) is 11.0. The molecule has 1 amide bonds. The maximum Gasteiger partial charge on any atom is 0.433 e. The quantitative estimate of drug-likeness (QED) is 0.354. The molecule has 35 heavy (non-hydrogen) atoms. The molecule has 9 nitrogen and oxygen atoms in total. The van der Waals surface area contributed by atoms with Gasteiger partial charge < -0.3 is 5.32 Å². The molecule has 0 bridgehead atoms. The van der Waals surface area contributed by atoms with Gasteiger partial charge in [0, 0.05) is 18.2 Å². The van der Waals surface area contributed by atoms with E-state index in [9.17, 15) is 39.6 Å². The fourth-order valence-electron chi connectivity index (χ4n) is 2.89. The molecule has 0 fully saturated rings. The zero-order valence-corrected chi connectivity index (χ0v) is 20.2. The Morgan fingerprint density at radius 2 is 1.80 bits per heavy atom. The minimum Gasteiger partial charge on any atom is -0.348 e. The SMILES string of the molecule is CCCS(=O)(=O)c1nc(C(F)(F)F)ccc1C=CC(=O)NCc1ccc(NS(=O)(=O)C=O)c(C)c1. The van der Waals surface area contributed by atoms with Gasteiger partial charge in [-0.05, 0) is 48.7 Å². The molecule has 2 aromatic rings. The monoisotopic (exact) mass is 533 g/mol. The lowest BCUT2D eigenvalue weighted by Crippen LogP contribution is -2.20. The van der Waals surface area contributed by atoms with Gasteiger partial charge in [-0.1, -0.05) is 19.1 Å². The van der Waals surface area contributed by atoms with Crippen molar-refractivity contribution >= 4 is 43.1 Å². The summed E-state index contributed by atoms with van der Waals surface area (Å²) in [5, 5.41) is 1.76. The molecular weight excluding hydrogens is 511 g/mol. The summed E-state index contributed by atoms with van der Waals surface area (Å²) < 4.78 is 88.7. The third kappa shape index (κ3) is 7.89. The Balaban J connectivity index is 2.18. The Hall–Kier alpha value is -3.26. The third-order valence-electron chi connectivity index (χ3n) is 4.50. The fourth-order valence-corrected chi connectivity index (χ4v) is 4.94. The van der Waals surface area contributed by atoms with Gasteiger partial charge in [-0.2, -0.15) is 21.6 Å². The molecule has 0 saturated heterocycles. The number of nitrogens with one attached hydrogen (secondary N) is 2. The summed E-state index contributed by atoms with van der Waals surface area (Å²) in [6, 6.07) is 6.06. The summed E-state index contributed by atoms with van der Waals surface area (Å²) in [6.45, 7) is 3.15. The molecule has 2 rings (SSSR count). The van der Waals surface area contributed by atoms with Crippen molar-refractivity contribution in [1.29, 1.82) is 0 Å². The predicted molar refractivity (Wildman–Crippen MR) is 123 cm³/mol. The van der Waals surface area contributed by atoms with E-state index in [1.54, 1.807) is 19.9 Å². The van der Waals surface area contributed by atoms with Crippen LogP contribution in [0.4, 0.5) is 18.9 Å². The molecule has 0 spiro atoms. The number of alkyl halides is 3. The number of aromatic nitrogens is 1. The summed E-state index contributed by atoms with van der Waals surface area (Å²) in [6.07, 6.45) is -2.64. The van der Waals surface area contributed by atoms with Crippen LogP contribution in [0, 0.1) is 6.92 Å². The van der Waals surface area contributed by atoms with E-state index < -0.39 is 48.4 Å². The average molecular weight is 534 g/mol. The van der Waals surface area contributed by atoms with Crippen molar-refractivity contribution < 1.29 is 39.6 Å².